The minimum Gasteiger partial charge on any atom is -0.484 e. The van der Waals surface area contributed by atoms with Gasteiger partial charge in [-0.3, -0.25) is 9.69 Å². The third-order valence-electron chi connectivity index (χ3n) is 5.24. The summed E-state index contributed by atoms with van der Waals surface area (Å²) in [5.41, 5.74) is 0.968. The molecule has 1 aliphatic rings. The monoisotopic (exact) mass is 456 g/mol. The Bertz CT molecular complexity index is 818. The van der Waals surface area contributed by atoms with E-state index in [9.17, 15) is 14.3 Å². The first kappa shape index (κ1) is 24.4. The molecule has 0 saturated carbocycles. The van der Waals surface area contributed by atoms with Gasteiger partial charge in [-0.15, -0.1) is 12.4 Å². The number of aliphatic hydroxyl groups is 1. The first-order valence-electron chi connectivity index (χ1n) is 9.68. The van der Waals surface area contributed by atoms with Crippen LogP contribution in [0, 0.1) is 5.82 Å². The Morgan fingerprint density at radius 2 is 1.83 bits per heavy atom. The van der Waals surface area contributed by atoms with E-state index in [4.69, 9.17) is 16.3 Å². The number of ether oxygens (including phenoxy) is 1. The summed E-state index contributed by atoms with van der Waals surface area (Å²) in [4.78, 5) is 16.7. The first-order valence-corrected chi connectivity index (χ1v) is 10.1. The number of halogens is 3. The lowest BCUT2D eigenvalue weighted by Crippen LogP contribution is -2.62. The van der Waals surface area contributed by atoms with E-state index in [2.05, 4.69) is 4.90 Å². The lowest BCUT2D eigenvalue weighted by molar-refractivity contribution is -0.141. The zero-order chi connectivity index (χ0) is 21.0. The van der Waals surface area contributed by atoms with Gasteiger partial charge in [0.1, 0.15) is 11.6 Å². The standard InChI is InChI=1S/C22H26ClFN2O3.ClH/c1-15-11-25(12-17-3-7-19(24)8-4-17)21(16(2)27)13-26(15)22(28)14-29-20-9-5-18(23)6-10-20;/h3-10,15-16,21,27H,11-14H2,1-2H3;1H/t15-,16?,21-;/m1./s1. The van der Waals surface area contributed by atoms with E-state index >= 15 is 0 Å². The molecule has 1 saturated heterocycles. The van der Waals surface area contributed by atoms with Crippen LogP contribution < -0.4 is 4.74 Å². The Labute approximate surface area is 187 Å². The summed E-state index contributed by atoms with van der Waals surface area (Å²) in [6, 6.07) is 13.0. The first-order chi connectivity index (χ1) is 13.8. The van der Waals surface area contributed by atoms with E-state index in [0.717, 1.165) is 5.56 Å². The molecule has 0 radical (unpaired) electrons. The lowest BCUT2D eigenvalue weighted by atomic mass is 10.0. The maximum absolute atomic E-state index is 13.2. The minimum atomic E-state index is -0.615. The van der Waals surface area contributed by atoms with Gasteiger partial charge in [-0.2, -0.15) is 0 Å². The van der Waals surface area contributed by atoms with E-state index in [1.54, 1.807) is 48.2 Å². The zero-order valence-corrected chi connectivity index (χ0v) is 18.6. The number of carbonyl (C=O) groups is 1. The Morgan fingerprint density at radius 3 is 2.43 bits per heavy atom. The molecule has 1 fully saturated rings. The molecule has 1 aliphatic heterocycles. The maximum atomic E-state index is 13.2. The Hall–Kier alpha value is -1.86. The van der Waals surface area contributed by atoms with Crippen molar-refractivity contribution in [3.63, 3.8) is 0 Å². The fraction of sp³-hybridized carbons (Fsp3) is 0.409. The summed E-state index contributed by atoms with van der Waals surface area (Å²) in [5.74, 6) is 0.183. The molecule has 0 aromatic heterocycles. The second-order valence-electron chi connectivity index (χ2n) is 7.50. The number of nitrogens with zero attached hydrogens (tertiary/aromatic N) is 2. The molecule has 2 aromatic rings. The van der Waals surface area contributed by atoms with Crippen LogP contribution in [-0.4, -0.2) is 58.7 Å². The van der Waals surface area contributed by atoms with Gasteiger partial charge in [0.25, 0.3) is 5.91 Å². The van der Waals surface area contributed by atoms with Crippen molar-refractivity contribution in [1.82, 2.24) is 9.80 Å². The number of hydrogen-bond acceptors (Lipinski definition) is 4. The number of benzene rings is 2. The number of carbonyl (C=O) groups excluding carboxylic acids is 1. The van der Waals surface area contributed by atoms with Gasteiger partial charge in [0.05, 0.1) is 12.1 Å². The van der Waals surface area contributed by atoms with E-state index in [1.165, 1.54) is 12.1 Å². The van der Waals surface area contributed by atoms with Gasteiger partial charge in [-0.05, 0) is 55.8 Å². The summed E-state index contributed by atoms with van der Waals surface area (Å²) < 4.78 is 18.8. The summed E-state index contributed by atoms with van der Waals surface area (Å²) in [7, 11) is 0. The Balaban J connectivity index is 0.00000320. The van der Waals surface area contributed by atoms with Crippen LogP contribution >= 0.6 is 24.0 Å². The molecule has 1 heterocycles. The molecule has 1 unspecified atom stereocenters. The van der Waals surface area contributed by atoms with Gasteiger partial charge >= 0.3 is 0 Å². The molecular weight excluding hydrogens is 430 g/mol. The number of rotatable bonds is 6. The highest BCUT2D eigenvalue weighted by Crippen LogP contribution is 2.22. The molecule has 2 aromatic carbocycles. The third kappa shape index (κ3) is 6.32. The number of piperazine rings is 1. The largest absolute Gasteiger partial charge is 0.484 e. The van der Waals surface area contributed by atoms with Gasteiger partial charge in [0.15, 0.2) is 6.61 Å². The van der Waals surface area contributed by atoms with Crippen molar-refractivity contribution in [1.29, 1.82) is 0 Å². The Kier molecular flexibility index (Phi) is 8.92. The molecular formula is C22H27Cl2FN2O3. The molecule has 0 aliphatic carbocycles. The normalized spacial score (nSPS) is 20.4. The predicted molar refractivity (Wildman–Crippen MR) is 118 cm³/mol. The highest BCUT2D eigenvalue weighted by atomic mass is 35.5. The fourth-order valence-corrected chi connectivity index (χ4v) is 3.77. The quantitative estimate of drug-likeness (QED) is 0.718. The van der Waals surface area contributed by atoms with Crippen molar-refractivity contribution in [2.45, 2.75) is 38.6 Å². The highest BCUT2D eigenvalue weighted by Gasteiger charge is 2.36. The number of hydrogen-bond donors (Lipinski definition) is 1. The van der Waals surface area contributed by atoms with Crippen LogP contribution in [0.25, 0.3) is 0 Å². The molecule has 0 bridgehead atoms. The summed E-state index contributed by atoms with van der Waals surface area (Å²) >= 11 is 5.86. The molecule has 164 valence electrons. The van der Waals surface area contributed by atoms with Crippen LogP contribution in [0.15, 0.2) is 48.5 Å². The lowest BCUT2D eigenvalue weighted by Gasteiger charge is -2.46. The molecule has 30 heavy (non-hydrogen) atoms. The average Bonchev–Trinajstić information content (AvgIpc) is 2.69. The molecule has 0 spiro atoms. The van der Waals surface area contributed by atoms with Gasteiger partial charge in [-0.1, -0.05) is 23.7 Å². The van der Waals surface area contributed by atoms with Crippen LogP contribution in [0.4, 0.5) is 4.39 Å². The SMILES string of the molecule is CC(O)[C@H]1CN(C(=O)COc2ccc(Cl)cc2)[C@H](C)CN1Cc1ccc(F)cc1.Cl. The average molecular weight is 457 g/mol. The van der Waals surface area contributed by atoms with E-state index in [0.29, 0.717) is 30.4 Å². The molecule has 5 nitrogen and oxygen atoms in total. The van der Waals surface area contributed by atoms with Crippen LogP contribution in [0.1, 0.15) is 19.4 Å². The predicted octanol–water partition coefficient (Wildman–Crippen LogP) is 3.76. The van der Waals surface area contributed by atoms with Crippen molar-refractivity contribution in [3.05, 3.63) is 64.9 Å². The van der Waals surface area contributed by atoms with Crippen LogP contribution in [0.2, 0.25) is 5.02 Å². The number of aliphatic hydroxyl groups excluding tert-OH is 1. The molecule has 3 atom stereocenters. The van der Waals surface area contributed by atoms with Gasteiger partial charge in [0.2, 0.25) is 0 Å². The van der Waals surface area contributed by atoms with Crippen molar-refractivity contribution in [2.24, 2.45) is 0 Å². The van der Waals surface area contributed by atoms with Crippen LogP contribution in [0.5, 0.6) is 5.75 Å². The van der Waals surface area contributed by atoms with Crippen LogP contribution in [-0.2, 0) is 11.3 Å². The smallest absolute Gasteiger partial charge is 0.260 e. The molecule has 8 heteroatoms. The summed E-state index contributed by atoms with van der Waals surface area (Å²) in [6.45, 7) is 5.24. The van der Waals surface area contributed by atoms with E-state index in [1.807, 2.05) is 6.92 Å². The topological polar surface area (TPSA) is 53.0 Å². The summed E-state index contributed by atoms with van der Waals surface area (Å²) in [6.07, 6.45) is -0.615. The van der Waals surface area contributed by atoms with E-state index in [-0.39, 0.29) is 42.8 Å². The van der Waals surface area contributed by atoms with Gasteiger partial charge < -0.3 is 14.7 Å². The van der Waals surface area contributed by atoms with Gasteiger partial charge in [0, 0.05) is 30.7 Å². The second kappa shape index (κ2) is 11.0. The van der Waals surface area contributed by atoms with Crippen LogP contribution in [0.3, 0.4) is 0 Å². The zero-order valence-electron chi connectivity index (χ0n) is 17.0. The van der Waals surface area contributed by atoms with Crippen molar-refractivity contribution >= 4 is 29.9 Å². The van der Waals surface area contributed by atoms with E-state index < -0.39 is 6.10 Å². The second-order valence-corrected chi connectivity index (χ2v) is 7.94. The van der Waals surface area contributed by atoms with Crippen molar-refractivity contribution in [2.75, 3.05) is 19.7 Å². The highest BCUT2D eigenvalue weighted by molar-refractivity contribution is 6.30. The molecule has 1 N–H and O–H groups in total. The fourth-order valence-electron chi connectivity index (χ4n) is 3.64. The molecule has 1 amide bonds. The van der Waals surface area contributed by atoms with Crippen molar-refractivity contribution < 1.29 is 19.0 Å². The molecule has 3 rings (SSSR count). The third-order valence-corrected chi connectivity index (χ3v) is 5.49. The number of amides is 1. The summed E-state index contributed by atoms with van der Waals surface area (Å²) in [5, 5.41) is 10.9. The van der Waals surface area contributed by atoms with Gasteiger partial charge in [-0.25, -0.2) is 4.39 Å². The minimum absolute atomic E-state index is 0. The maximum Gasteiger partial charge on any atom is 0.260 e. The Morgan fingerprint density at radius 1 is 1.20 bits per heavy atom. The van der Waals surface area contributed by atoms with Crippen molar-refractivity contribution in [3.8, 4) is 5.75 Å².